The first kappa shape index (κ1) is 15.1. The molecule has 0 amide bonds. The van der Waals surface area contributed by atoms with Crippen LogP contribution in [0.4, 0.5) is 0 Å². The molecule has 0 saturated heterocycles. The average molecular weight is 323 g/mol. The molecule has 1 aliphatic carbocycles. The van der Waals surface area contributed by atoms with E-state index in [2.05, 4.69) is 49.7 Å². The smallest absolute Gasteiger partial charge is 0.0400 e. The van der Waals surface area contributed by atoms with Crippen molar-refractivity contribution in [3.8, 4) is 0 Å². The predicted molar refractivity (Wildman–Crippen MR) is 88.3 cm³/mol. The maximum absolute atomic E-state index is 3.96. The Morgan fingerprint density at radius 3 is 2.11 bits per heavy atom. The van der Waals surface area contributed by atoms with Crippen molar-refractivity contribution in [3.63, 3.8) is 0 Å². The lowest BCUT2D eigenvalue weighted by Gasteiger charge is -2.21. The molecule has 1 fully saturated rings. The molecular weight excluding hydrogens is 296 g/mol. The van der Waals surface area contributed by atoms with Crippen LogP contribution < -0.4 is 0 Å². The SMILES string of the molecule is Cc1cc(C)c(C)c(C(Br)CCC2CCCC2)c1C. The van der Waals surface area contributed by atoms with Crippen LogP contribution in [-0.4, -0.2) is 0 Å². The minimum Gasteiger partial charge on any atom is -0.0839 e. The summed E-state index contributed by atoms with van der Waals surface area (Å²) in [5.41, 5.74) is 7.38. The Morgan fingerprint density at radius 2 is 1.58 bits per heavy atom. The first-order valence-corrected chi connectivity index (χ1v) is 8.63. The lowest BCUT2D eigenvalue weighted by molar-refractivity contribution is 0.482. The van der Waals surface area contributed by atoms with E-state index in [1.54, 1.807) is 5.56 Å². The summed E-state index contributed by atoms with van der Waals surface area (Å²) >= 11 is 3.96. The number of aryl methyl sites for hydroxylation is 2. The highest BCUT2D eigenvalue weighted by Crippen LogP contribution is 2.38. The maximum atomic E-state index is 3.96. The van der Waals surface area contributed by atoms with Crippen molar-refractivity contribution in [2.45, 2.75) is 71.0 Å². The Kier molecular flexibility index (Phi) is 5.11. The molecule has 106 valence electrons. The van der Waals surface area contributed by atoms with Gasteiger partial charge in [0.2, 0.25) is 0 Å². The molecule has 19 heavy (non-hydrogen) atoms. The van der Waals surface area contributed by atoms with Gasteiger partial charge in [-0.25, -0.2) is 0 Å². The molecule has 0 radical (unpaired) electrons. The molecule has 2 rings (SSSR count). The van der Waals surface area contributed by atoms with Gasteiger partial charge in [-0.15, -0.1) is 0 Å². The van der Waals surface area contributed by atoms with Crippen LogP contribution >= 0.6 is 15.9 Å². The predicted octanol–water partition coefficient (Wildman–Crippen LogP) is 6.33. The number of rotatable bonds is 4. The molecule has 0 aromatic heterocycles. The number of benzene rings is 1. The summed E-state index contributed by atoms with van der Waals surface area (Å²) in [5, 5.41) is 0. The third-order valence-corrected chi connectivity index (χ3v) is 5.96. The number of alkyl halides is 1. The van der Waals surface area contributed by atoms with Crippen LogP contribution in [0.2, 0.25) is 0 Å². The Labute approximate surface area is 127 Å². The summed E-state index contributed by atoms with van der Waals surface area (Å²) in [6, 6.07) is 2.32. The van der Waals surface area contributed by atoms with Crippen molar-refractivity contribution < 1.29 is 0 Å². The van der Waals surface area contributed by atoms with E-state index in [9.17, 15) is 0 Å². The maximum Gasteiger partial charge on any atom is 0.0400 e. The summed E-state index contributed by atoms with van der Waals surface area (Å²) in [6.45, 7) is 9.03. The van der Waals surface area contributed by atoms with Gasteiger partial charge in [0, 0.05) is 4.83 Å². The zero-order valence-electron chi connectivity index (χ0n) is 12.9. The van der Waals surface area contributed by atoms with Crippen LogP contribution in [0.15, 0.2) is 6.07 Å². The standard InChI is InChI=1S/C18H27Br/c1-12-11-13(2)15(4)18(14(12)3)17(19)10-9-16-7-5-6-8-16/h11,16-17H,5-10H2,1-4H3. The van der Waals surface area contributed by atoms with Crippen molar-refractivity contribution in [1.29, 1.82) is 0 Å². The van der Waals surface area contributed by atoms with Crippen LogP contribution in [-0.2, 0) is 0 Å². The van der Waals surface area contributed by atoms with Crippen molar-refractivity contribution >= 4 is 15.9 Å². The molecule has 0 aliphatic heterocycles. The van der Waals surface area contributed by atoms with Gasteiger partial charge < -0.3 is 0 Å². The highest BCUT2D eigenvalue weighted by atomic mass is 79.9. The second-order valence-corrected chi connectivity index (χ2v) is 7.47. The summed E-state index contributed by atoms with van der Waals surface area (Å²) in [5.74, 6) is 0.992. The van der Waals surface area contributed by atoms with E-state index in [0.29, 0.717) is 4.83 Å². The Balaban J connectivity index is 2.11. The molecule has 0 heterocycles. The van der Waals surface area contributed by atoms with Gasteiger partial charge in [-0.2, -0.15) is 0 Å². The zero-order valence-corrected chi connectivity index (χ0v) is 14.4. The van der Waals surface area contributed by atoms with Gasteiger partial charge in [0.05, 0.1) is 0 Å². The second kappa shape index (κ2) is 6.43. The molecule has 1 saturated carbocycles. The highest BCUT2D eigenvalue weighted by Gasteiger charge is 2.20. The topological polar surface area (TPSA) is 0 Å². The molecule has 1 aliphatic rings. The fraction of sp³-hybridized carbons (Fsp3) is 0.667. The molecule has 0 spiro atoms. The van der Waals surface area contributed by atoms with Crippen molar-refractivity contribution in [1.82, 2.24) is 0 Å². The van der Waals surface area contributed by atoms with E-state index < -0.39 is 0 Å². The van der Waals surface area contributed by atoms with Crippen LogP contribution in [0.5, 0.6) is 0 Å². The summed E-state index contributed by atoms with van der Waals surface area (Å²) in [4.78, 5) is 0.534. The molecule has 1 atom stereocenters. The summed E-state index contributed by atoms with van der Waals surface area (Å²) < 4.78 is 0. The molecule has 1 heteroatoms. The van der Waals surface area contributed by atoms with Gasteiger partial charge in [-0.05, 0) is 74.3 Å². The first-order chi connectivity index (χ1) is 9.00. The van der Waals surface area contributed by atoms with Crippen molar-refractivity contribution in [3.05, 3.63) is 33.9 Å². The van der Waals surface area contributed by atoms with Gasteiger partial charge in [-0.3, -0.25) is 0 Å². The largest absolute Gasteiger partial charge is 0.0839 e. The van der Waals surface area contributed by atoms with E-state index in [4.69, 9.17) is 0 Å². The Morgan fingerprint density at radius 1 is 1.05 bits per heavy atom. The number of halogens is 1. The Bertz CT molecular complexity index is 415. The fourth-order valence-electron chi connectivity index (χ4n) is 3.54. The molecule has 1 aromatic rings. The molecular formula is C18H27Br. The van der Waals surface area contributed by atoms with Crippen molar-refractivity contribution in [2.24, 2.45) is 5.92 Å². The molecule has 0 N–H and O–H groups in total. The van der Waals surface area contributed by atoms with E-state index in [1.807, 2.05) is 0 Å². The van der Waals surface area contributed by atoms with Crippen LogP contribution in [0.1, 0.15) is 71.2 Å². The highest BCUT2D eigenvalue weighted by molar-refractivity contribution is 9.09. The third-order valence-electron chi connectivity index (χ3n) is 5.04. The minimum absolute atomic E-state index is 0.534. The average Bonchev–Trinajstić information content (AvgIpc) is 2.87. The van der Waals surface area contributed by atoms with E-state index >= 15 is 0 Å². The molecule has 1 unspecified atom stereocenters. The lowest BCUT2D eigenvalue weighted by atomic mass is 9.89. The molecule has 1 aromatic carbocycles. The minimum atomic E-state index is 0.534. The van der Waals surface area contributed by atoms with Gasteiger partial charge in [0.15, 0.2) is 0 Å². The fourth-order valence-corrected chi connectivity index (χ4v) is 4.49. The van der Waals surface area contributed by atoms with Gasteiger partial charge in [0.1, 0.15) is 0 Å². The van der Waals surface area contributed by atoms with E-state index in [1.165, 1.54) is 60.8 Å². The summed E-state index contributed by atoms with van der Waals surface area (Å²) in [6.07, 6.45) is 8.52. The van der Waals surface area contributed by atoms with Crippen LogP contribution in [0.3, 0.4) is 0 Å². The van der Waals surface area contributed by atoms with E-state index in [-0.39, 0.29) is 0 Å². The monoisotopic (exact) mass is 322 g/mol. The molecule has 0 bridgehead atoms. The second-order valence-electron chi connectivity index (χ2n) is 6.37. The van der Waals surface area contributed by atoms with Gasteiger partial charge >= 0.3 is 0 Å². The first-order valence-electron chi connectivity index (χ1n) is 7.72. The van der Waals surface area contributed by atoms with Crippen molar-refractivity contribution in [2.75, 3.05) is 0 Å². The number of hydrogen-bond acceptors (Lipinski definition) is 0. The van der Waals surface area contributed by atoms with Crippen LogP contribution in [0, 0.1) is 33.6 Å². The number of hydrogen-bond donors (Lipinski definition) is 0. The lowest BCUT2D eigenvalue weighted by Crippen LogP contribution is -2.04. The normalized spacial score (nSPS) is 17.9. The quantitative estimate of drug-likeness (QED) is 0.568. The van der Waals surface area contributed by atoms with E-state index in [0.717, 1.165) is 5.92 Å². The van der Waals surface area contributed by atoms with Crippen LogP contribution in [0.25, 0.3) is 0 Å². The van der Waals surface area contributed by atoms with Gasteiger partial charge in [0.25, 0.3) is 0 Å². The molecule has 0 nitrogen and oxygen atoms in total. The third kappa shape index (κ3) is 3.42. The zero-order chi connectivity index (χ0) is 14.0. The van der Waals surface area contributed by atoms with Gasteiger partial charge in [-0.1, -0.05) is 47.7 Å². The summed E-state index contributed by atoms with van der Waals surface area (Å²) in [7, 11) is 0. The Hall–Kier alpha value is -0.300.